The standard InChI is InChI=1S/C21H31Si.3ClH.Ti/c1-7-8-12-22(6,19-14-17(4)13-18(5)15-19)21-11-9-10-20(21)16(2)3;;;;/h10,13-16H,7-9,12H2,1-6H3;3*1H;/q-1;;;;+4/p-3. The molecule has 0 aliphatic heterocycles. The van der Waals surface area contributed by atoms with Crippen LogP contribution in [0, 0.1) is 25.8 Å². The smallest absolute Gasteiger partial charge is 1.00 e. The first-order valence-electron chi connectivity index (χ1n) is 8.79. The maximum Gasteiger partial charge on any atom is 4.00 e. The topological polar surface area (TPSA) is 0 Å². The van der Waals surface area contributed by atoms with Crippen LogP contribution in [0.25, 0.3) is 0 Å². The number of hydrogen-bond acceptors (Lipinski definition) is 0. The van der Waals surface area contributed by atoms with Gasteiger partial charge in [0, 0.05) is 0 Å². The molecule has 1 aliphatic carbocycles. The summed E-state index contributed by atoms with van der Waals surface area (Å²) in [7, 11) is -1.66. The van der Waals surface area contributed by atoms with E-state index in [-0.39, 0.29) is 58.9 Å². The van der Waals surface area contributed by atoms with Crippen molar-refractivity contribution in [3.63, 3.8) is 0 Å². The van der Waals surface area contributed by atoms with Gasteiger partial charge in [-0.1, -0.05) is 86.6 Å². The SMILES string of the molecule is CCCC[Si](C)(C1=[C-]CC=C1C(C)C)c1cc(C)cc(C)c1.[Cl-].[Cl-].[Cl-].[Ti+4]. The van der Waals surface area contributed by atoms with E-state index in [4.69, 9.17) is 0 Å². The summed E-state index contributed by atoms with van der Waals surface area (Å²) in [6.45, 7) is 14.0. The van der Waals surface area contributed by atoms with E-state index in [1.807, 2.05) is 0 Å². The van der Waals surface area contributed by atoms with Gasteiger partial charge in [0.1, 0.15) is 0 Å². The van der Waals surface area contributed by atoms with E-state index in [1.54, 1.807) is 16.0 Å². The second-order valence-electron chi connectivity index (χ2n) is 7.38. The van der Waals surface area contributed by atoms with Crippen molar-refractivity contribution in [3.05, 3.63) is 52.2 Å². The first-order valence-corrected chi connectivity index (χ1v) is 11.5. The van der Waals surface area contributed by atoms with Crippen molar-refractivity contribution in [1.29, 1.82) is 0 Å². The van der Waals surface area contributed by atoms with E-state index in [0.29, 0.717) is 5.92 Å². The van der Waals surface area contributed by atoms with Gasteiger partial charge >= 0.3 is 21.7 Å². The van der Waals surface area contributed by atoms with Gasteiger partial charge in [-0.2, -0.15) is 11.6 Å². The third-order valence-corrected chi connectivity index (χ3v) is 9.44. The van der Waals surface area contributed by atoms with Crippen LogP contribution >= 0.6 is 0 Å². The summed E-state index contributed by atoms with van der Waals surface area (Å²) in [6.07, 6.45) is 9.80. The Kier molecular flexibility index (Phi) is 16.4. The Hall–Kier alpha value is 0.501. The number of rotatable bonds is 6. The minimum atomic E-state index is -1.66. The van der Waals surface area contributed by atoms with Crippen LogP contribution in [0.5, 0.6) is 0 Å². The monoisotopic (exact) mass is 464 g/mol. The molecule has 1 aliphatic rings. The van der Waals surface area contributed by atoms with Crippen LogP contribution in [-0.2, 0) is 21.7 Å². The third-order valence-electron chi connectivity index (χ3n) is 4.95. The van der Waals surface area contributed by atoms with Gasteiger partial charge in [0.25, 0.3) is 0 Å². The summed E-state index contributed by atoms with van der Waals surface area (Å²) in [5, 5.41) is 3.20. The Morgan fingerprint density at radius 2 is 1.58 bits per heavy atom. The second kappa shape index (κ2) is 13.6. The largest absolute Gasteiger partial charge is 4.00 e. The average molecular weight is 466 g/mol. The first kappa shape index (κ1) is 31.2. The zero-order valence-corrected chi connectivity index (χ0v) is 21.7. The molecule has 0 bridgehead atoms. The molecular formula is C21H31Cl3SiTi. The Labute approximate surface area is 195 Å². The molecular weight excluding hydrogens is 435 g/mol. The fraction of sp³-hybridized carbons (Fsp3) is 0.524. The molecule has 0 heterocycles. The molecule has 2 rings (SSSR count). The van der Waals surface area contributed by atoms with Crippen molar-refractivity contribution in [3.8, 4) is 0 Å². The second-order valence-corrected chi connectivity index (χ2v) is 11.6. The van der Waals surface area contributed by atoms with Crippen molar-refractivity contribution in [2.45, 2.75) is 66.5 Å². The van der Waals surface area contributed by atoms with E-state index in [1.165, 1.54) is 30.0 Å². The van der Waals surface area contributed by atoms with Crippen LogP contribution in [0.15, 0.2) is 35.0 Å². The molecule has 0 saturated heterocycles. The molecule has 1 aromatic carbocycles. The predicted octanol–water partition coefficient (Wildman–Crippen LogP) is -3.35. The molecule has 1 atom stereocenters. The van der Waals surface area contributed by atoms with Gasteiger partial charge in [-0.05, 0) is 13.8 Å². The van der Waals surface area contributed by atoms with Gasteiger partial charge in [-0.3, -0.25) is 6.08 Å². The molecule has 0 amide bonds. The van der Waals surface area contributed by atoms with Gasteiger partial charge in [0.2, 0.25) is 0 Å². The number of hydrogen-bond donors (Lipinski definition) is 0. The molecule has 0 spiro atoms. The maximum atomic E-state index is 3.76. The Bertz CT molecular complexity index is 591. The fourth-order valence-corrected chi connectivity index (χ4v) is 8.24. The zero-order chi connectivity index (χ0) is 16.3. The van der Waals surface area contributed by atoms with Crippen LogP contribution < -0.4 is 42.4 Å². The molecule has 0 N–H and O–H groups in total. The number of allylic oxidation sites excluding steroid dienone is 4. The van der Waals surface area contributed by atoms with E-state index in [2.05, 4.69) is 71.5 Å². The molecule has 0 nitrogen and oxygen atoms in total. The molecule has 26 heavy (non-hydrogen) atoms. The quantitative estimate of drug-likeness (QED) is 0.304. The van der Waals surface area contributed by atoms with Gasteiger partial charge in [-0.15, -0.1) is 6.42 Å². The van der Waals surface area contributed by atoms with E-state index in [0.717, 1.165) is 6.42 Å². The fourth-order valence-electron chi connectivity index (χ4n) is 3.74. The van der Waals surface area contributed by atoms with E-state index in [9.17, 15) is 0 Å². The normalized spacial score (nSPS) is 14.7. The predicted molar refractivity (Wildman–Crippen MR) is 101 cm³/mol. The van der Waals surface area contributed by atoms with Gasteiger partial charge in [-0.25, -0.2) is 5.20 Å². The molecule has 5 heteroatoms. The van der Waals surface area contributed by atoms with Crippen LogP contribution in [-0.4, -0.2) is 8.07 Å². The number of benzene rings is 1. The summed E-state index contributed by atoms with van der Waals surface area (Å²) < 4.78 is 0. The summed E-state index contributed by atoms with van der Waals surface area (Å²) in [6, 6.07) is 8.53. The Morgan fingerprint density at radius 3 is 2.04 bits per heavy atom. The summed E-state index contributed by atoms with van der Waals surface area (Å²) in [4.78, 5) is 0. The number of unbranched alkanes of at least 4 members (excludes halogenated alkanes) is 1. The minimum absolute atomic E-state index is 0. The average Bonchev–Trinajstić information content (AvgIpc) is 2.94. The summed E-state index contributed by atoms with van der Waals surface area (Å²) in [5.41, 5.74) is 4.38. The van der Waals surface area contributed by atoms with Gasteiger partial charge in [0.15, 0.2) is 0 Å². The third kappa shape index (κ3) is 7.15. The number of aryl methyl sites for hydroxylation is 2. The van der Waals surface area contributed by atoms with E-state index < -0.39 is 8.07 Å². The minimum Gasteiger partial charge on any atom is -1.00 e. The summed E-state index contributed by atoms with van der Waals surface area (Å²) >= 11 is 0. The van der Waals surface area contributed by atoms with E-state index >= 15 is 0 Å². The summed E-state index contributed by atoms with van der Waals surface area (Å²) in [5.74, 6) is 0.615. The van der Waals surface area contributed by atoms with Crippen molar-refractivity contribution < 1.29 is 58.9 Å². The van der Waals surface area contributed by atoms with Crippen LogP contribution in [0.4, 0.5) is 0 Å². The van der Waals surface area contributed by atoms with Gasteiger partial charge in [0.05, 0.1) is 8.07 Å². The van der Waals surface area contributed by atoms with Crippen LogP contribution in [0.3, 0.4) is 0 Å². The van der Waals surface area contributed by atoms with Crippen molar-refractivity contribution in [1.82, 2.24) is 0 Å². The van der Waals surface area contributed by atoms with Crippen molar-refractivity contribution in [2.24, 2.45) is 5.92 Å². The Balaban J connectivity index is -0.00000132. The van der Waals surface area contributed by atoms with Crippen molar-refractivity contribution in [2.75, 3.05) is 0 Å². The molecule has 0 fully saturated rings. The van der Waals surface area contributed by atoms with Crippen LogP contribution in [0.2, 0.25) is 12.6 Å². The first-order chi connectivity index (χ1) is 10.4. The number of halogens is 3. The molecule has 0 saturated carbocycles. The Morgan fingerprint density at radius 1 is 1.04 bits per heavy atom. The molecule has 0 radical (unpaired) electrons. The van der Waals surface area contributed by atoms with Gasteiger partial charge < -0.3 is 37.2 Å². The van der Waals surface area contributed by atoms with Crippen LogP contribution in [0.1, 0.15) is 51.2 Å². The maximum absolute atomic E-state index is 3.76. The molecule has 0 aromatic heterocycles. The zero-order valence-electron chi connectivity index (χ0n) is 16.8. The molecule has 144 valence electrons. The molecule has 1 unspecified atom stereocenters. The molecule has 1 aromatic rings. The van der Waals surface area contributed by atoms with Crippen molar-refractivity contribution >= 4 is 13.3 Å².